The summed E-state index contributed by atoms with van der Waals surface area (Å²) in [5.74, 6) is -1.14. The van der Waals surface area contributed by atoms with Crippen molar-refractivity contribution in [1.82, 2.24) is 9.97 Å². The van der Waals surface area contributed by atoms with Gasteiger partial charge >= 0.3 is 6.18 Å². The first-order valence-electron chi connectivity index (χ1n) is 12.3. The highest BCUT2D eigenvalue weighted by atomic mass is 35.5. The number of fused-ring (bicyclic) bond motifs is 4. The fourth-order valence-corrected chi connectivity index (χ4v) is 5.03. The SMILES string of the molecule is Fc1cc(-c2nc3c4c(ccc3[nH]2)C=NC4c2cc(F)ccc2Cl)cc(C(F)(F)F)c1.Oc1ccc2c(c1)=NCC=2. The molecule has 0 bridgehead atoms. The van der Waals surface area contributed by atoms with Gasteiger partial charge in [-0.3, -0.25) is 9.98 Å². The second-order valence-corrected chi connectivity index (χ2v) is 9.82. The van der Waals surface area contributed by atoms with E-state index in [-0.39, 0.29) is 17.1 Å². The Morgan fingerprint density at radius 3 is 2.56 bits per heavy atom. The van der Waals surface area contributed by atoms with Crippen molar-refractivity contribution in [2.24, 2.45) is 9.98 Å². The summed E-state index contributed by atoms with van der Waals surface area (Å²) in [5, 5.41) is 11.4. The number of nitrogens with one attached hydrogen (secondary N) is 1. The smallest absolute Gasteiger partial charge is 0.416 e. The van der Waals surface area contributed by atoms with Gasteiger partial charge in [0, 0.05) is 39.6 Å². The molecular weight excluding hydrogens is 563 g/mol. The summed E-state index contributed by atoms with van der Waals surface area (Å²) < 4.78 is 67.0. The number of hydrogen-bond acceptors (Lipinski definition) is 4. The first kappa shape index (κ1) is 26.6. The zero-order chi connectivity index (χ0) is 28.9. The number of nitrogens with zero attached hydrogens (tertiary/aromatic N) is 3. The molecule has 1 atom stereocenters. The van der Waals surface area contributed by atoms with E-state index >= 15 is 0 Å². The highest BCUT2D eigenvalue weighted by molar-refractivity contribution is 6.31. The van der Waals surface area contributed by atoms with Crippen LogP contribution in [0.25, 0.3) is 28.5 Å². The van der Waals surface area contributed by atoms with Crippen molar-refractivity contribution in [3.05, 3.63) is 116 Å². The predicted molar refractivity (Wildman–Crippen MR) is 146 cm³/mol. The molecule has 3 heterocycles. The van der Waals surface area contributed by atoms with Crippen molar-refractivity contribution < 1.29 is 27.1 Å². The lowest BCUT2D eigenvalue weighted by Gasteiger charge is -2.13. The Kier molecular flexibility index (Phi) is 6.57. The van der Waals surface area contributed by atoms with Crippen LogP contribution in [-0.2, 0) is 6.18 Å². The van der Waals surface area contributed by atoms with Crippen LogP contribution in [0.3, 0.4) is 0 Å². The van der Waals surface area contributed by atoms with Crippen LogP contribution in [0.1, 0.15) is 28.3 Å². The van der Waals surface area contributed by atoms with E-state index in [2.05, 4.69) is 20.0 Å². The van der Waals surface area contributed by atoms with E-state index in [4.69, 9.17) is 16.7 Å². The molecule has 4 aromatic carbocycles. The molecule has 2 N–H and O–H groups in total. The Balaban J connectivity index is 0.000000253. The fraction of sp³-hybridized carbons (Fsp3) is 0.100. The summed E-state index contributed by atoms with van der Waals surface area (Å²) in [5.41, 5.74) is 1.62. The molecule has 0 amide bonds. The third kappa shape index (κ3) is 5.18. The molecule has 0 saturated carbocycles. The Morgan fingerprint density at radius 2 is 1.76 bits per heavy atom. The summed E-state index contributed by atoms with van der Waals surface area (Å²) >= 11 is 6.26. The molecule has 5 nitrogen and oxygen atoms in total. The number of aliphatic imine (C=N–C) groups is 1. The minimum atomic E-state index is -4.70. The summed E-state index contributed by atoms with van der Waals surface area (Å²) in [6.45, 7) is 0.749. The molecule has 41 heavy (non-hydrogen) atoms. The number of phenolic OH excluding ortho intramolecular Hbond substituents is 1. The average Bonchev–Trinajstić information content (AvgIpc) is 3.67. The summed E-state index contributed by atoms with van der Waals surface area (Å²) in [6, 6.07) is 14.3. The summed E-state index contributed by atoms with van der Waals surface area (Å²) in [6.07, 6.45) is -1.05. The summed E-state index contributed by atoms with van der Waals surface area (Å²) in [4.78, 5) is 16.0. The molecule has 0 aliphatic carbocycles. The Hall–Kier alpha value is -4.57. The van der Waals surface area contributed by atoms with Gasteiger partial charge < -0.3 is 10.1 Å². The standard InChI is InChI=1S/C22H11ClF5N3.C8H7NO/c23-16-3-2-13(24)8-15(16)19-18-10(9-29-19)1-4-17-20(18)31-21(30-17)11-5-12(22(26,27)28)7-14(25)6-11;10-7-2-1-6-3-4-9-8(6)5-7/h1-9,19H,(H,30,31);1-3,5,10H,4H2. The predicted octanol–water partition coefficient (Wildman–Crippen LogP) is 6.51. The molecule has 1 aromatic heterocycles. The lowest BCUT2D eigenvalue weighted by Crippen LogP contribution is -2.19. The van der Waals surface area contributed by atoms with Gasteiger partial charge in [-0.1, -0.05) is 23.7 Å². The Morgan fingerprint density at radius 1 is 0.927 bits per heavy atom. The van der Waals surface area contributed by atoms with Gasteiger partial charge in [-0.05, 0) is 59.8 Å². The zero-order valence-corrected chi connectivity index (χ0v) is 21.6. The largest absolute Gasteiger partial charge is 0.508 e. The van der Waals surface area contributed by atoms with Crippen LogP contribution in [-0.4, -0.2) is 27.8 Å². The minimum absolute atomic E-state index is 0.0449. The van der Waals surface area contributed by atoms with Crippen LogP contribution in [0.5, 0.6) is 5.75 Å². The van der Waals surface area contributed by atoms with Gasteiger partial charge in [0.05, 0.1) is 28.5 Å². The van der Waals surface area contributed by atoms with Gasteiger partial charge in [0.25, 0.3) is 0 Å². The first-order chi connectivity index (χ1) is 19.6. The van der Waals surface area contributed by atoms with Crippen molar-refractivity contribution in [2.45, 2.75) is 12.2 Å². The van der Waals surface area contributed by atoms with E-state index in [1.165, 1.54) is 18.2 Å². The number of imidazole rings is 1. The number of aromatic hydroxyl groups is 1. The summed E-state index contributed by atoms with van der Waals surface area (Å²) in [7, 11) is 0. The minimum Gasteiger partial charge on any atom is -0.508 e. The molecule has 11 heteroatoms. The van der Waals surface area contributed by atoms with E-state index in [0.717, 1.165) is 34.8 Å². The number of aromatic amines is 1. The van der Waals surface area contributed by atoms with Crippen molar-refractivity contribution in [3.63, 3.8) is 0 Å². The van der Waals surface area contributed by atoms with Crippen molar-refractivity contribution >= 4 is 34.9 Å². The maximum atomic E-state index is 13.9. The number of alkyl halides is 3. The second-order valence-electron chi connectivity index (χ2n) is 9.41. The maximum absolute atomic E-state index is 13.9. The van der Waals surface area contributed by atoms with E-state index in [9.17, 15) is 22.0 Å². The third-order valence-corrected chi connectivity index (χ3v) is 7.05. The number of halogens is 6. The normalized spacial score (nSPS) is 15.1. The van der Waals surface area contributed by atoms with Gasteiger partial charge in [-0.25, -0.2) is 13.8 Å². The van der Waals surface area contributed by atoms with Gasteiger partial charge in [0.2, 0.25) is 0 Å². The molecule has 5 aromatic rings. The van der Waals surface area contributed by atoms with Crippen LogP contribution in [0, 0.1) is 11.6 Å². The number of benzene rings is 4. The molecule has 1 unspecified atom stereocenters. The van der Waals surface area contributed by atoms with E-state index in [0.29, 0.717) is 33.2 Å². The highest BCUT2D eigenvalue weighted by Crippen LogP contribution is 2.41. The molecule has 2 aliphatic heterocycles. The highest BCUT2D eigenvalue weighted by Gasteiger charge is 2.32. The Bertz CT molecular complexity index is 1980. The third-order valence-electron chi connectivity index (χ3n) is 6.70. The number of aromatic nitrogens is 2. The molecule has 7 rings (SSSR count). The van der Waals surface area contributed by atoms with E-state index < -0.39 is 29.4 Å². The van der Waals surface area contributed by atoms with Crippen LogP contribution in [0.2, 0.25) is 5.02 Å². The molecule has 0 radical (unpaired) electrons. The molecular formula is C30H18ClF5N4O. The van der Waals surface area contributed by atoms with Crippen LogP contribution >= 0.6 is 11.6 Å². The zero-order valence-electron chi connectivity index (χ0n) is 20.8. The fourth-order valence-electron chi connectivity index (χ4n) is 4.81. The van der Waals surface area contributed by atoms with Crippen LogP contribution < -0.4 is 10.6 Å². The van der Waals surface area contributed by atoms with E-state index in [1.54, 1.807) is 30.5 Å². The molecule has 2 aliphatic rings. The molecule has 0 spiro atoms. The lowest BCUT2D eigenvalue weighted by molar-refractivity contribution is -0.137. The van der Waals surface area contributed by atoms with Crippen molar-refractivity contribution in [3.8, 4) is 17.1 Å². The number of rotatable bonds is 2. The lowest BCUT2D eigenvalue weighted by atomic mass is 9.96. The first-order valence-corrected chi connectivity index (χ1v) is 12.7. The van der Waals surface area contributed by atoms with Gasteiger partial charge in [0.1, 0.15) is 29.3 Å². The molecule has 0 saturated heterocycles. The van der Waals surface area contributed by atoms with Crippen LogP contribution in [0.4, 0.5) is 22.0 Å². The Labute approximate surface area is 234 Å². The number of phenols is 1. The molecule has 206 valence electrons. The topological polar surface area (TPSA) is 73.6 Å². The molecule has 0 fully saturated rings. The second kappa shape index (κ2) is 10.1. The van der Waals surface area contributed by atoms with Gasteiger partial charge in [-0.2, -0.15) is 13.2 Å². The number of H-pyrrole nitrogens is 1. The number of hydrogen-bond donors (Lipinski definition) is 2. The van der Waals surface area contributed by atoms with Crippen molar-refractivity contribution in [1.29, 1.82) is 0 Å². The van der Waals surface area contributed by atoms with Gasteiger partial charge in [0.15, 0.2) is 0 Å². The quantitative estimate of drug-likeness (QED) is 0.234. The van der Waals surface area contributed by atoms with Crippen molar-refractivity contribution in [2.75, 3.05) is 6.54 Å². The van der Waals surface area contributed by atoms with Gasteiger partial charge in [-0.15, -0.1) is 0 Å². The monoisotopic (exact) mass is 580 g/mol. The maximum Gasteiger partial charge on any atom is 0.416 e. The van der Waals surface area contributed by atoms with E-state index in [1.807, 2.05) is 12.1 Å². The average molecular weight is 581 g/mol. The van der Waals surface area contributed by atoms with Crippen LogP contribution in [0.15, 0.2) is 76.7 Å².